The third-order valence-electron chi connectivity index (χ3n) is 1.53. The van der Waals surface area contributed by atoms with Gasteiger partial charge in [0.25, 0.3) is 0 Å². The molecule has 0 aliphatic carbocycles. The van der Waals surface area contributed by atoms with Crippen LogP contribution in [-0.2, 0) is 0 Å². The van der Waals surface area contributed by atoms with Crippen LogP contribution in [0.1, 0.15) is 5.56 Å². The Morgan fingerprint density at radius 1 is 1.31 bits per heavy atom. The molecule has 0 spiro atoms. The maximum atomic E-state index is 13.0. The van der Waals surface area contributed by atoms with Gasteiger partial charge in [-0.25, -0.2) is 4.39 Å². The summed E-state index contributed by atoms with van der Waals surface area (Å²) < 4.78 is 25.7. The number of rotatable bonds is 2. The number of phenolic OH excluding ortho intramolecular Hbond substituents is 1. The molecular formula is C9H9F2NO. The molecule has 0 saturated heterocycles. The quantitative estimate of drug-likeness (QED) is 0.735. The molecule has 1 rings (SSSR count). The van der Waals surface area contributed by atoms with Gasteiger partial charge in [0, 0.05) is 12.1 Å². The summed E-state index contributed by atoms with van der Waals surface area (Å²) in [5.41, 5.74) is 5.21. The number of nitrogens with two attached hydrogens (primary N) is 1. The smallest absolute Gasteiger partial charge is 0.200 e. The first kappa shape index (κ1) is 9.67. The van der Waals surface area contributed by atoms with Crippen molar-refractivity contribution in [1.29, 1.82) is 0 Å². The highest BCUT2D eigenvalue weighted by molar-refractivity contribution is 5.52. The first-order valence-electron chi connectivity index (χ1n) is 3.70. The molecule has 70 valence electrons. The highest BCUT2D eigenvalue weighted by Crippen LogP contribution is 2.21. The van der Waals surface area contributed by atoms with Gasteiger partial charge in [0.2, 0.25) is 5.82 Å². The van der Waals surface area contributed by atoms with E-state index in [0.717, 1.165) is 6.07 Å². The minimum absolute atomic E-state index is 0.0701. The van der Waals surface area contributed by atoms with Gasteiger partial charge in [-0.3, -0.25) is 0 Å². The lowest BCUT2D eigenvalue weighted by Crippen LogP contribution is -1.93. The number of hydrogen-bond acceptors (Lipinski definition) is 2. The van der Waals surface area contributed by atoms with Crippen molar-refractivity contribution in [1.82, 2.24) is 0 Å². The van der Waals surface area contributed by atoms with Gasteiger partial charge in [-0.05, 0) is 12.1 Å². The van der Waals surface area contributed by atoms with E-state index in [-0.39, 0.29) is 12.1 Å². The van der Waals surface area contributed by atoms with Crippen LogP contribution >= 0.6 is 0 Å². The summed E-state index contributed by atoms with van der Waals surface area (Å²) in [6.45, 7) is 0.252. The number of benzene rings is 1. The standard InChI is InChI=1S/C9H9F2NO/c10-8-6(2-1-5-12)3-4-7(13)9(8)11/h1-4,13H,5,12H2/b2-1+. The fourth-order valence-corrected chi connectivity index (χ4v) is 0.878. The van der Waals surface area contributed by atoms with Crippen molar-refractivity contribution in [3.05, 3.63) is 35.4 Å². The molecule has 1 aromatic carbocycles. The van der Waals surface area contributed by atoms with E-state index in [9.17, 15) is 8.78 Å². The van der Waals surface area contributed by atoms with Gasteiger partial charge in [-0.1, -0.05) is 12.2 Å². The molecule has 4 heteroatoms. The Balaban J connectivity index is 3.11. The predicted molar refractivity (Wildman–Crippen MR) is 46.1 cm³/mol. The van der Waals surface area contributed by atoms with E-state index < -0.39 is 17.4 Å². The summed E-state index contributed by atoms with van der Waals surface area (Å²) in [7, 11) is 0. The maximum absolute atomic E-state index is 13.0. The van der Waals surface area contributed by atoms with Crippen molar-refractivity contribution in [3.8, 4) is 5.75 Å². The van der Waals surface area contributed by atoms with Gasteiger partial charge in [-0.2, -0.15) is 4.39 Å². The lowest BCUT2D eigenvalue weighted by molar-refractivity contribution is 0.406. The van der Waals surface area contributed by atoms with Gasteiger partial charge in [0.1, 0.15) is 0 Å². The molecule has 0 amide bonds. The Hall–Kier alpha value is -1.42. The van der Waals surface area contributed by atoms with E-state index in [1.807, 2.05) is 0 Å². The zero-order chi connectivity index (χ0) is 9.84. The van der Waals surface area contributed by atoms with Crippen molar-refractivity contribution in [2.24, 2.45) is 5.73 Å². The first-order chi connectivity index (χ1) is 6.16. The molecule has 2 nitrogen and oxygen atoms in total. The highest BCUT2D eigenvalue weighted by Gasteiger charge is 2.09. The molecule has 0 unspecified atom stereocenters. The number of phenols is 1. The fourth-order valence-electron chi connectivity index (χ4n) is 0.878. The maximum Gasteiger partial charge on any atom is 0.200 e. The van der Waals surface area contributed by atoms with Crippen LogP contribution in [0.15, 0.2) is 18.2 Å². The summed E-state index contributed by atoms with van der Waals surface area (Å²) in [5.74, 6) is -2.99. The minimum atomic E-state index is -1.24. The van der Waals surface area contributed by atoms with E-state index in [4.69, 9.17) is 10.8 Å². The van der Waals surface area contributed by atoms with Crippen molar-refractivity contribution in [2.75, 3.05) is 6.54 Å². The van der Waals surface area contributed by atoms with E-state index in [1.165, 1.54) is 18.2 Å². The zero-order valence-electron chi connectivity index (χ0n) is 6.80. The van der Waals surface area contributed by atoms with Gasteiger partial charge in [0.15, 0.2) is 11.6 Å². The summed E-state index contributed by atoms with van der Waals surface area (Å²) in [5, 5.41) is 8.79. The topological polar surface area (TPSA) is 46.2 Å². The molecule has 13 heavy (non-hydrogen) atoms. The number of aromatic hydroxyl groups is 1. The van der Waals surface area contributed by atoms with Crippen molar-refractivity contribution in [2.45, 2.75) is 0 Å². The van der Waals surface area contributed by atoms with E-state index in [1.54, 1.807) is 0 Å². The van der Waals surface area contributed by atoms with Crippen LogP contribution in [-0.4, -0.2) is 11.7 Å². The van der Waals surface area contributed by atoms with Gasteiger partial charge < -0.3 is 10.8 Å². The summed E-state index contributed by atoms with van der Waals surface area (Å²) in [4.78, 5) is 0. The van der Waals surface area contributed by atoms with Gasteiger partial charge in [0.05, 0.1) is 0 Å². The Kier molecular flexibility index (Phi) is 2.97. The number of halogens is 2. The first-order valence-corrected chi connectivity index (χ1v) is 3.70. The lowest BCUT2D eigenvalue weighted by atomic mass is 10.2. The van der Waals surface area contributed by atoms with Crippen LogP contribution in [0, 0.1) is 11.6 Å². The molecule has 0 aromatic heterocycles. The molecule has 0 aliphatic rings. The molecule has 0 radical (unpaired) electrons. The molecule has 0 fully saturated rings. The Labute approximate surface area is 74.3 Å². The second-order valence-electron chi connectivity index (χ2n) is 2.44. The van der Waals surface area contributed by atoms with E-state index in [2.05, 4.69) is 0 Å². The fraction of sp³-hybridized carbons (Fsp3) is 0.111. The zero-order valence-corrected chi connectivity index (χ0v) is 6.80. The second kappa shape index (κ2) is 4.00. The molecule has 0 bridgehead atoms. The molecule has 0 saturated carbocycles. The Morgan fingerprint density at radius 3 is 2.62 bits per heavy atom. The van der Waals surface area contributed by atoms with Crippen LogP contribution < -0.4 is 5.73 Å². The average Bonchev–Trinajstić information content (AvgIpc) is 2.13. The molecule has 0 heterocycles. The van der Waals surface area contributed by atoms with E-state index >= 15 is 0 Å². The summed E-state index contributed by atoms with van der Waals surface area (Å²) in [6, 6.07) is 2.37. The van der Waals surface area contributed by atoms with Crippen LogP contribution in [0.4, 0.5) is 8.78 Å². The van der Waals surface area contributed by atoms with Gasteiger partial charge in [-0.15, -0.1) is 0 Å². The molecule has 0 atom stereocenters. The highest BCUT2D eigenvalue weighted by atomic mass is 19.2. The monoisotopic (exact) mass is 185 g/mol. The van der Waals surface area contributed by atoms with E-state index in [0.29, 0.717) is 0 Å². The molecular weight excluding hydrogens is 176 g/mol. The van der Waals surface area contributed by atoms with Crippen molar-refractivity contribution < 1.29 is 13.9 Å². The Morgan fingerprint density at radius 2 is 2.00 bits per heavy atom. The van der Waals surface area contributed by atoms with Crippen LogP contribution in [0.3, 0.4) is 0 Å². The second-order valence-corrected chi connectivity index (χ2v) is 2.44. The number of hydrogen-bond donors (Lipinski definition) is 2. The van der Waals surface area contributed by atoms with Crippen LogP contribution in [0.2, 0.25) is 0 Å². The third kappa shape index (κ3) is 2.03. The lowest BCUT2D eigenvalue weighted by Gasteiger charge is -1.99. The molecule has 3 N–H and O–H groups in total. The minimum Gasteiger partial charge on any atom is -0.505 e. The van der Waals surface area contributed by atoms with Crippen LogP contribution in [0.5, 0.6) is 5.75 Å². The van der Waals surface area contributed by atoms with Gasteiger partial charge >= 0.3 is 0 Å². The van der Waals surface area contributed by atoms with Crippen LogP contribution in [0.25, 0.3) is 6.08 Å². The predicted octanol–water partition coefficient (Wildman–Crippen LogP) is 1.64. The third-order valence-corrected chi connectivity index (χ3v) is 1.53. The molecule has 1 aromatic rings. The summed E-state index contributed by atoms with van der Waals surface area (Å²) >= 11 is 0. The van der Waals surface area contributed by atoms with Crippen molar-refractivity contribution in [3.63, 3.8) is 0 Å². The average molecular weight is 185 g/mol. The Bertz CT molecular complexity index is 337. The normalized spacial score (nSPS) is 11.0. The largest absolute Gasteiger partial charge is 0.505 e. The molecule has 0 aliphatic heterocycles. The van der Waals surface area contributed by atoms with Crippen molar-refractivity contribution >= 4 is 6.08 Å². The SMILES string of the molecule is NC/C=C/c1ccc(O)c(F)c1F. The summed E-state index contributed by atoms with van der Waals surface area (Å²) in [6.07, 6.45) is 2.85.